The highest BCUT2D eigenvalue weighted by Crippen LogP contribution is 2.04. The second-order valence-electron chi connectivity index (χ2n) is 3.23. The molecule has 1 aliphatic heterocycles. The molecule has 1 aromatic carbocycles. The van der Waals surface area contributed by atoms with Crippen LogP contribution in [0.1, 0.15) is 10.4 Å². The SMILES string of the molecule is Nc1ccc(C(=O)NC2=[N+]=C=CC=C2)cc1. The van der Waals surface area contributed by atoms with E-state index in [4.69, 9.17) is 5.73 Å². The van der Waals surface area contributed by atoms with Crippen molar-refractivity contribution in [1.82, 2.24) is 9.98 Å². The van der Waals surface area contributed by atoms with Crippen LogP contribution in [0, 0.1) is 0 Å². The summed E-state index contributed by atoms with van der Waals surface area (Å²) in [6.07, 6.45) is 5.12. The lowest BCUT2D eigenvalue weighted by atomic mass is 10.2. The van der Waals surface area contributed by atoms with Crippen LogP contribution < -0.4 is 15.7 Å². The Morgan fingerprint density at radius 1 is 1.31 bits per heavy atom. The van der Waals surface area contributed by atoms with Crippen LogP contribution >= 0.6 is 0 Å². The van der Waals surface area contributed by atoms with E-state index in [0.29, 0.717) is 17.1 Å². The fraction of sp³-hybridized carbons (Fsp3) is 0. The third-order valence-corrected chi connectivity index (χ3v) is 2.02. The molecule has 4 nitrogen and oxygen atoms in total. The number of anilines is 1. The molecule has 0 aliphatic carbocycles. The topological polar surface area (TPSA) is 69.2 Å². The number of nitrogens with one attached hydrogen (secondary N) is 1. The first-order valence-electron chi connectivity index (χ1n) is 4.76. The van der Waals surface area contributed by atoms with Crippen molar-refractivity contribution in [2.45, 2.75) is 0 Å². The van der Waals surface area contributed by atoms with Crippen molar-refractivity contribution in [3.8, 4) is 0 Å². The Labute approximate surface area is 92.5 Å². The van der Waals surface area contributed by atoms with Crippen LogP contribution in [0.5, 0.6) is 0 Å². The van der Waals surface area contributed by atoms with E-state index in [1.165, 1.54) is 0 Å². The number of hydrogen-bond donors (Lipinski definition) is 2. The van der Waals surface area contributed by atoms with Crippen LogP contribution in [-0.4, -0.2) is 17.6 Å². The Morgan fingerprint density at radius 2 is 2.06 bits per heavy atom. The number of rotatable bonds is 1. The lowest BCUT2D eigenvalue weighted by Gasteiger charge is -1.97. The maximum atomic E-state index is 11.7. The maximum absolute atomic E-state index is 11.7. The molecule has 1 aromatic rings. The Hall–Kier alpha value is -2.54. The van der Waals surface area contributed by atoms with E-state index in [2.05, 4.69) is 15.9 Å². The zero-order valence-corrected chi connectivity index (χ0v) is 8.47. The minimum Gasteiger partial charge on any atom is -0.399 e. The zero-order chi connectivity index (χ0) is 11.4. The quantitative estimate of drug-likeness (QED) is 0.518. The minimum absolute atomic E-state index is 0.216. The van der Waals surface area contributed by atoms with Gasteiger partial charge >= 0.3 is 11.7 Å². The molecule has 0 fully saturated rings. The Bertz CT molecular complexity index is 542. The molecule has 78 valence electrons. The summed E-state index contributed by atoms with van der Waals surface area (Å²) >= 11 is 0. The number of allylic oxidation sites excluding steroid dienone is 2. The van der Waals surface area contributed by atoms with Crippen molar-refractivity contribution in [2.75, 3.05) is 5.73 Å². The number of amides is 1. The summed E-state index contributed by atoms with van der Waals surface area (Å²) < 4.78 is 3.88. The van der Waals surface area contributed by atoms with E-state index in [1.807, 2.05) is 0 Å². The summed E-state index contributed by atoms with van der Waals surface area (Å²) in [5, 5.41) is 2.66. The van der Waals surface area contributed by atoms with Gasteiger partial charge in [0.15, 0.2) is 5.87 Å². The summed E-state index contributed by atoms with van der Waals surface area (Å²) in [4.78, 5) is 11.7. The number of nitrogens with two attached hydrogens (primary N) is 1. The maximum Gasteiger partial charge on any atom is 0.386 e. The van der Waals surface area contributed by atoms with Crippen LogP contribution in [0.15, 0.2) is 42.5 Å². The number of amidine groups is 1. The molecule has 0 spiro atoms. The number of carbonyl (C=O) groups excluding carboxylic acids is 1. The average molecular weight is 212 g/mol. The van der Waals surface area contributed by atoms with Gasteiger partial charge in [0.25, 0.3) is 0 Å². The van der Waals surface area contributed by atoms with Crippen LogP contribution in [0.3, 0.4) is 0 Å². The van der Waals surface area contributed by atoms with Gasteiger partial charge in [-0.25, -0.2) is 4.79 Å². The average Bonchev–Trinajstić information content (AvgIpc) is 2.31. The highest BCUT2D eigenvalue weighted by Gasteiger charge is 2.14. The van der Waals surface area contributed by atoms with Gasteiger partial charge in [0, 0.05) is 17.8 Å². The van der Waals surface area contributed by atoms with Crippen LogP contribution in [0.2, 0.25) is 0 Å². The highest BCUT2D eigenvalue weighted by atomic mass is 16.1. The number of nitrogens with zero attached hydrogens (tertiary/aromatic N) is 1. The second-order valence-corrected chi connectivity index (χ2v) is 3.23. The van der Waals surface area contributed by atoms with E-state index >= 15 is 0 Å². The zero-order valence-electron chi connectivity index (χ0n) is 8.47. The van der Waals surface area contributed by atoms with Gasteiger partial charge in [-0.1, -0.05) is 0 Å². The predicted octanol–water partition coefficient (Wildman–Crippen LogP) is 0.260. The lowest BCUT2D eigenvalue weighted by Crippen LogP contribution is -2.31. The van der Waals surface area contributed by atoms with E-state index < -0.39 is 0 Å². The van der Waals surface area contributed by atoms with Crippen LogP contribution in [-0.2, 0) is 0 Å². The first kappa shape index (κ1) is 9.99. The van der Waals surface area contributed by atoms with Crippen molar-refractivity contribution < 1.29 is 4.79 Å². The number of carbonyl (C=O) groups is 1. The lowest BCUT2D eigenvalue weighted by molar-refractivity contribution is 0.0977. The molecule has 1 amide bonds. The van der Waals surface area contributed by atoms with E-state index in [1.54, 1.807) is 42.5 Å². The van der Waals surface area contributed by atoms with Crippen molar-refractivity contribution in [3.63, 3.8) is 0 Å². The molecule has 1 aliphatic rings. The number of benzene rings is 1. The molecule has 16 heavy (non-hydrogen) atoms. The van der Waals surface area contributed by atoms with E-state index in [9.17, 15) is 4.79 Å². The summed E-state index contributed by atoms with van der Waals surface area (Å²) in [7, 11) is 0. The summed E-state index contributed by atoms with van der Waals surface area (Å²) in [5.41, 5.74) is 6.70. The standard InChI is InChI=1S/C12H9N3O/c13-10-6-4-9(5-7-10)12(16)15-11-3-1-2-8-14-11/h1-7H,(H2,13,16)/p+1. The first-order chi connectivity index (χ1) is 7.75. The summed E-state index contributed by atoms with van der Waals surface area (Å²) in [5.74, 6) is 2.90. The predicted molar refractivity (Wildman–Crippen MR) is 64.2 cm³/mol. The van der Waals surface area contributed by atoms with Crippen molar-refractivity contribution in [2.24, 2.45) is 0 Å². The van der Waals surface area contributed by atoms with Gasteiger partial charge in [0.1, 0.15) is 0 Å². The monoisotopic (exact) mass is 212 g/mol. The van der Waals surface area contributed by atoms with E-state index in [0.717, 1.165) is 0 Å². The fourth-order valence-corrected chi connectivity index (χ4v) is 1.22. The Balaban J connectivity index is 2.15. The summed E-state index contributed by atoms with van der Waals surface area (Å²) in [6, 6.07) is 6.69. The molecule has 2 rings (SSSR count). The smallest absolute Gasteiger partial charge is 0.386 e. The molecule has 0 radical (unpaired) electrons. The third kappa shape index (κ3) is 2.28. The molecule has 0 atom stereocenters. The summed E-state index contributed by atoms with van der Waals surface area (Å²) in [6.45, 7) is 0. The minimum atomic E-state index is -0.216. The van der Waals surface area contributed by atoms with Gasteiger partial charge in [-0.2, -0.15) is 9.98 Å². The van der Waals surface area contributed by atoms with E-state index in [-0.39, 0.29) is 5.91 Å². The molecule has 0 saturated carbocycles. The van der Waals surface area contributed by atoms with Crippen molar-refractivity contribution >= 4 is 23.3 Å². The second kappa shape index (κ2) is 4.32. The molecule has 3 N–H and O–H groups in total. The number of hydrogen-bond acceptors (Lipinski definition) is 2. The van der Waals surface area contributed by atoms with Gasteiger partial charge in [-0.15, -0.1) is 0 Å². The molecule has 4 heteroatoms. The van der Waals surface area contributed by atoms with Gasteiger partial charge < -0.3 is 5.73 Å². The third-order valence-electron chi connectivity index (χ3n) is 2.02. The molecule has 0 bridgehead atoms. The number of nitrogen functional groups attached to an aromatic ring is 1. The molecule has 0 saturated heterocycles. The van der Waals surface area contributed by atoms with Gasteiger partial charge in [0.05, 0.1) is 5.56 Å². The Kier molecular flexibility index (Phi) is 2.70. The first-order valence-corrected chi connectivity index (χ1v) is 4.76. The molecular formula is C12H10N3O+. The molecule has 0 aromatic heterocycles. The van der Waals surface area contributed by atoms with Crippen molar-refractivity contribution in [1.29, 1.82) is 0 Å². The Morgan fingerprint density at radius 3 is 2.69 bits per heavy atom. The fourth-order valence-electron chi connectivity index (χ4n) is 1.22. The molecule has 1 heterocycles. The molecule has 0 unspecified atom stereocenters. The molecular weight excluding hydrogens is 202 g/mol. The van der Waals surface area contributed by atoms with Crippen molar-refractivity contribution in [3.05, 3.63) is 48.1 Å². The normalized spacial score (nSPS) is 12.4. The van der Waals surface area contributed by atoms with Crippen LogP contribution in [0.25, 0.3) is 0 Å². The highest BCUT2D eigenvalue weighted by molar-refractivity contribution is 6.10. The van der Waals surface area contributed by atoms with Gasteiger partial charge in [-0.3, -0.25) is 0 Å². The van der Waals surface area contributed by atoms with Crippen LogP contribution in [0.4, 0.5) is 5.69 Å². The largest absolute Gasteiger partial charge is 0.399 e. The van der Waals surface area contributed by atoms with Gasteiger partial charge in [-0.05, 0) is 30.3 Å². The van der Waals surface area contributed by atoms with Gasteiger partial charge in [0.2, 0.25) is 0 Å².